The number of rotatable bonds is 5. The number of phenolic OH excluding ortho intramolecular Hbond substituents is 1. The molecule has 0 heterocycles. The van der Waals surface area contributed by atoms with Crippen LogP contribution in [0.3, 0.4) is 0 Å². The summed E-state index contributed by atoms with van der Waals surface area (Å²) in [5.74, 6) is -0.503. The van der Waals surface area contributed by atoms with E-state index in [9.17, 15) is 15.0 Å². The quantitative estimate of drug-likeness (QED) is 0.755. The molecule has 0 fully saturated rings. The molecule has 4 nitrogen and oxygen atoms in total. The van der Waals surface area contributed by atoms with Crippen LogP contribution in [0.4, 0.5) is 0 Å². The number of carbonyl (C=O) groups excluding carboxylic acids is 1. The average molecular weight is 258 g/mol. The zero-order chi connectivity index (χ0) is 12.8. The molecular formula is C12H16ClNO3. The van der Waals surface area contributed by atoms with Crippen LogP contribution in [-0.4, -0.2) is 28.8 Å². The Kier molecular flexibility index (Phi) is 5.25. The smallest absolute Gasteiger partial charge is 0.255 e. The summed E-state index contributed by atoms with van der Waals surface area (Å²) < 4.78 is 0. The monoisotopic (exact) mass is 257 g/mol. The van der Waals surface area contributed by atoms with Crippen LogP contribution in [0.1, 0.15) is 30.1 Å². The maximum absolute atomic E-state index is 11.7. The molecule has 0 saturated carbocycles. The molecular weight excluding hydrogens is 242 g/mol. The summed E-state index contributed by atoms with van der Waals surface area (Å²) in [6.45, 7) is 2.23. The second-order valence-corrected chi connectivity index (χ2v) is 4.20. The fourth-order valence-electron chi connectivity index (χ4n) is 1.34. The maximum atomic E-state index is 11.7. The van der Waals surface area contributed by atoms with Crippen molar-refractivity contribution in [2.24, 2.45) is 0 Å². The lowest BCUT2D eigenvalue weighted by Crippen LogP contribution is -2.27. The number of benzene rings is 1. The highest BCUT2D eigenvalue weighted by atomic mass is 35.5. The zero-order valence-electron chi connectivity index (χ0n) is 9.61. The summed E-state index contributed by atoms with van der Waals surface area (Å²) >= 11 is 5.74. The fraction of sp³-hybridized carbons (Fsp3) is 0.417. The molecule has 0 spiro atoms. The zero-order valence-corrected chi connectivity index (χ0v) is 10.4. The number of hydrogen-bond donors (Lipinski definition) is 3. The molecule has 3 N–H and O–H groups in total. The fourth-order valence-corrected chi connectivity index (χ4v) is 1.51. The predicted octanol–water partition coefficient (Wildman–Crippen LogP) is 1.94. The van der Waals surface area contributed by atoms with Gasteiger partial charge in [-0.2, -0.15) is 0 Å². The van der Waals surface area contributed by atoms with Gasteiger partial charge in [0.2, 0.25) is 0 Å². The van der Waals surface area contributed by atoms with Crippen LogP contribution in [0, 0.1) is 0 Å². The van der Waals surface area contributed by atoms with Crippen molar-refractivity contribution in [2.75, 3.05) is 6.54 Å². The molecule has 5 heteroatoms. The van der Waals surface area contributed by atoms with Crippen LogP contribution in [0.25, 0.3) is 0 Å². The predicted molar refractivity (Wildman–Crippen MR) is 66.4 cm³/mol. The van der Waals surface area contributed by atoms with Crippen LogP contribution in [0.2, 0.25) is 5.02 Å². The van der Waals surface area contributed by atoms with Crippen LogP contribution in [-0.2, 0) is 0 Å². The number of aliphatic hydroxyl groups excluding tert-OH is 1. The number of amides is 1. The highest BCUT2D eigenvalue weighted by Crippen LogP contribution is 2.21. The minimum atomic E-state index is -0.414. The second kappa shape index (κ2) is 6.47. The Balaban J connectivity index is 2.55. The van der Waals surface area contributed by atoms with Gasteiger partial charge in [-0.1, -0.05) is 18.5 Å². The van der Waals surface area contributed by atoms with Crippen molar-refractivity contribution in [2.45, 2.75) is 25.9 Å². The topological polar surface area (TPSA) is 69.6 Å². The lowest BCUT2D eigenvalue weighted by atomic mass is 10.1. The Bertz CT molecular complexity index is 395. The van der Waals surface area contributed by atoms with Gasteiger partial charge >= 0.3 is 0 Å². The molecule has 0 aromatic heterocycles. The van der Waals surface area contributed by atoms with Gasteiger partial charge in [0.15, 0.2) is 0 Å². The van der Waals surface area contributed by atoms with Gasteiger partial charge in [-0.25, -0.2) is 0 Å². The van der Waals surface area contributed by atoms with E-state index in [1.54, 1.807) is 0 Å². The summed E-state index contributed by atoms with van der Waals surface area (Å²) in [5.41, 5.74) is 0.142. The normalized spacial score (nSPS) is 12.2. The molecule has 0 aliphatic rings. The Labute approximate surface area is 105 Å². The Morgan fingerprint density at radius 1 is 1.53 bits per heavy atom. The SMILES string of the molecule is CCC(O)CCNC(=O)c1cc(Cl)ccc1O. The van der Waals surface area contributed by atoms with Gasteiger partial charge in [0.05, 0.1) is 11.7 Å². The maximum Gasteiger partial charge on any atom is 0.255 e. The van der Waals surface area contributed by atoms with E-state index in [1.165, 1.54) is 18.2 Å². The number of aromatic hydroxyl groups is 1. The standard InChI is InChI=1S/C12H16ClNO3/c1-2-9(15)5-6-14-12(17)10-7-8(13)3-4-11(10)16/h3-4,7,9,15-16H,2,5-6H2,1H3,(H,14,17). The molecule has 0 bridgehead atoms. The van der Waals surface area contributed by atoms with Crippen molar-refractivity contribution in [3.8, 4) is 5.75 Å². The van der Waals surface area contributed by atoms with Crippen molar-refractivity contribution in [3.05, 3.63) is 28.8 Å². The first-order valence-electron chi connectivity index (χ1n) is 5.49. The van der Waals surface area contributed by atoms with Gasteiger partial charge in [-0.3, -0.25) is 4.79 Å². The average Bonchev–Trinajstić information content (AvgIpc) is 2.31. The van der Waals surface area contributed by atoms with Gasteiger partial charge in [0.25, 0.3) is 5.91 Å². The Hall–Kier alpha value is -1.26. The van der Waals surface area contributed by atoms with Gasteiger partial charge in [0.1, 0.15) is 5.75 Å². The Morgan fingerprint density at radius 2 is 2.24 bits per heavy atom. The molecule has 94 valence electrons. The summed E-state index contributed by atoms with van der Waals surface area (Å²) in [6.07, 6.45) is 0.727. The summed E-state index contributed by atoms with van der Waals surface area (Å²) in [4.78, 5) is 11.7. The van der Waals surface area contributed by atoms with E-state index in [-0.39, 0.29) is 11.3 Å². The van der Waals surface area contributed by atoms with Crippen LogP contribution >= 0.6 is 11.6 Å². The largest absolute Gasteiger partial charge is 0.507 e. The molecule has 0 radical (unpaired) electrons. The molecule has 1 amide bonds. The third kappa shape index (κ3) is 4.24. The number of halogens is 1. The molecule has 0 aliphatic heterocycles. The van der Waals surface area contributed by atoms with Crippen molar-refractivity contribution < 1.29 is 15.0 Å². The van der Waals surface area contributed by atoms with Crippen molar-refractivity contribution >= 4 is 17.5 Å². The number of phenols is 1. The third-order valence-electron chi connectivity index (χ3n) is 2.44. The molecule has 0 aliphatic carbocycles. The first-order chi connectivity index (χ1) is 8.04. The molecule has 1 atom stereocenters. The summed E-state index contributed by atoms with van der Waals surface area (Å²) in [5, 5.41) is 21.8. The van der Waals surface area contributed by atoms with Gasteiger partial charge < -0.3 is 15.5 Å². The van der Waals surface area contributed by atoms with E-state index in [0.717, 1.165) is 0 Å². The Morgan fingerprint density at radius 3 is 2.88 bits per heavy atom. The van der Waals surface area contributed by atoms with Crippen molar-refractivity contribution in [3.63, 3.8) is 0 Å². The minimum absolute atomic E-state index is 0.108. The highest BCUT2D eigenvalue weighted by molar-refractivity contribution is 6.31. The number of nitrogens with one attached hydrogen (secondary N) is 1. The van der Waals surface area contributed by atoms with E-state index in [4.69, 9.17) is 11.6 Å². The van der Waals surface area contributed by atoms with Gasteiger partial charge in [-0.15, -0.1) is 0 Å². The van der Waals surface area contributed by atoms with Crippen molar-refractivity contribution in [1.29, 1.82) is 0 Å². The summed E-state index contributed by atoms with van der Waals surface area (Å²) in [6, 6.07) is 4.29. The van der Waals surface area contributed by atoms with E-state index in [2.05, 4.69) is 5.32 Å². The van der Waals surface area contributed by atoms with Crippen molar-refractivity contribution in [1.82, 2.24) is 5.32 Å². The second-order valence-electron chi connectivity index (χ2n) is 3.77. The first-order valence-corrected chi connectivity index (χ1v) is 5.87. The molecule has 17 heavy (non-hydrogen) atoms. The van der Waals surface area contributed by atoms with Crippen LogP contribution in [0.5, 0.6) is 5.75 Å². The third-order valence-corrected chi connectivity index (χ3v) is 2.67. The molecule has 1 aromatic carbocycles. The number of hydrogen-bond acceptors (Lipinski definition) is 3. The lowest BCUT2D eigenvalue weighted by molar-refractivity contribution is 0.0939. The van der Waals surface area contributed by atoms with Gasteiger partial charge in [-0.05, 0) is 31.0 Å². The number of carbonyl (C=O) groups is 1. The minimum Gasteiger partial charge on any atom is -0.507 e. The molecule has 1 aromatic rings. The van der Waals surface area contributed by atoms with Crippen LogP contribution in [0.15, 0.2) is 18.2 Å². The molecule has 1 unspecified atom stereocenters. The number of aliphatic hydroxyl groups is 1. The lowest BCUT2D eigenvalue weighted by Gasteiger charge is -2.09. The first kappa shape index (κ1) is 13.8. The van der Waals surface area contributed by atoms with Gasteiger partial charge in [0, 0.05) is 11.6 Å². The van der Waals surface area contributed by atoms with E-state index >= 15 is 0 Å². The molecule has 0 saturated heterocycles. The van der Waals surface area contributed by atoms with Crippen LogP contribution < -0.4 is 5.32 Å². The summed E-state index contributed by atoms with van der Waals surface area (Å²) in [7, 11) is 0. The highest BCUT2D eigenvalue weighted by Gasteiger charge is 2.11. The van der Waals surface area contributed by atoms with E-state index in [1.807, 2.05) is 6.92 Å². The van der Waals surface area contributed by atoms with E-state index in [0.29, 0.717) is 24.4 Å². The van der Waals surface area contributed by atoms with E-state index < -0.39 is 12.0 Å². The molecule has 1 rings (SSSR count).